The van der Waals surface area contributed by atoms with Crippen LogP contribution in [0.2, 0.25) is 0 Å². The lowest BCUT2D eigenvalue weighted by molar-refractivity contribution is -0.161. The van der Waals surface area contributed by atoms with E-state index in [-0.39, 0.29) is 25.7 Å². The Labute approximate surface area is 543 Å². The van der Waals surface area contributed by atoms with Crippen LogP contribution in [0.3, 0.4) is 0 Å². The summed E-state index contributed by atoms with van der Waals surface area (Å²) in [4.78, 5) is 72.4. The molecule has 0 saturated carbocycles. The number of unbranched alkanes of at least 4 members (excludes halogenated alkanes) is 38. The number of esters is 4. The topological polar surface area (TPSA) is 237 Å². The van der Waals surface area contributed by atoms with Gasteiger partial charge < -0.3 is 33.8 Å². The number of rotatable bonds is 69. The van der Waals surface area contributed by atoms with Crippen molar-refractivity contribution in [2.45, 2.75) is 374 Å². The first-order valence-corrected chi connectivity index (χ1v) is 39.5. The minimum absolute atomic E-state index is 0.103. The first-order chi connectivity index (χ1) is 42.9. The van der Waals surface area contributed by atoms with Crippen LogP contribution in [-0.2, 0) is 65.4 Å². The molecule has 17 nitrogen and oxygen atoms in total. The van der Waals surface area contributed by atoms with E-state index in [1.807, 2.05) is 0 Å². The van der Waals surface area contributed by atoms with Crippen LogP contribution in [-0.4, -0.2) is 96.7 Å². The first kappa shape index (κ1) is 87.1. The number of phosphoric ester groups is 2. The molecule has 0 aromatic rings. The average molecular weight is 1310 g/mol. The third-order valence-corrected chi connectivity index (χ3v) is 18.5. The smallest absolute Gasteiger partial charge is 0.462 e. The molecule has 0 aromatic carbocycles. The van der Waals surface area contributed by atoms with Gasteiger partial charge in [0.2, 0.25) is 0 Å². The molecule has 19 heteroatoms. The quantitative estimate of drug-likeness (QED) is 0.0222. The van der Waals surface area contributed by atoms with Gasteiger partial charge in [-0.15, -0.1) is 0 Å². The lowest BCUT2D eigenvalue weighted by atomic mass is 9.99. The van der Waals surface area contributed by atoms with Crippen molar-refractivity contribution >= 4 is 39.5 Å². The molecule has 0 aliphatic carbocycles. The number of hydrogen-bond donors (Lipinski definition) is 3. The summed E-state index contributed by atoms with van der Waals surface area (Å²) in [6.07, 6.45) is 47.2. The number of carbonyl (C=O) groups excluding carboxylic acids is 4. The molecule has 89 heavy (non-hydrogen) atoms. The molecule has 6 atom stereocenters. The highest BCUT2D eigenvalue weighted by Crippen LogP contribution is 2.45. The molecule has 0 aliphatic heterocycles. The van der Waals surface area contributed by atoms with E-state index in [0.717, 1.165) is 102 Å². The van der Waals surface area contributed by atoms with E-state index in [1.165, 1.54) is 167 Å². The van der Waals surface area contributed by atoms with Crippen LogP contribution in [0.1, 0.15) is 356 Å². The highest BCUT2D eigenvalue weighted by molar-refractivity contribution is 7.47. The highest BCUT2D eigenvalue weighted by atomic mass is 31.2. The van der Waals surface area contributed by atoms with Crippen molar-refractivity contribution in [1.29, 1.82) is 0 Å². The fourth-order valence-corrected chi connectivity index (χ4v) is 12.1. The van der Waals surface area contributed by atoms with Gasteiger partial charge in [-0.2, -0.15) is 0 Å². The van der Waals surface area contributed by atoms with E-state index >= 15 is 0 Å². The van der Waals surface area contributed by atoms with Crippen LogP contribution in [0, 0.1) is 11.8 Å². The molecule has 3 unspecified atom stereocenters. The van der Waals surface area contributed by atoms with Gasteiger partial charge in [-0.1, -0.05) is 305 Å². The third kappa shape index (κ3) is 63.2. The van der Waals surface area contributed by atoms with Gasteiger partial charge in [0.25, 0.3) is 0 Å². The van der Waals surface area contributed by atoms with Crippen LogP contribution in [0.5, 0.6) is 0 Å². The maximum atomic E-state index is 13.0. The number of ether oxygens (including phenoxy) is 4. The van der Waals surface area contributed by atoms with Crippen molar-refractivity contribution in [1.82, 2.24) is 0 Å². The van der Waals surface area contributed by atoms with E-state index in [0.29, 0.717) is 31.6 Å². The zero-order valence-corrected chi connectivity index (χ0v) is 59.5. The Bertz CT molecular complexity index is 1740. The van der Waals surface area contributed by atoms with Gasteiger partial charge in [-0.3, -0.25) is 37.3 Å². The molecule has 0 bridgehead atoms. The predicted molar refractivity (Wildman–Crippen MR) is 358 cm³/mol. The lowest BCUT2D eigenvalue weighted by Gasteiger charge is -2.21. The van der Waals surface area contributed by atoms with Crippen molar-refractivity contribution < 1.29 is 80.2 Å². The van der Waals surface area contributed by atoms with Gasteiger partial charge in [-0.05, 0) is 37.5 Å². The molecule has 0 saturated heterocycles. The van der Waals surface area contributed by atoms with Crippen molar-refractivity contribution in [3.63, 3.8) is 0 Å². The van der Waals surface area contributed by atoms with Crippen molar-refractivity contribution in [3.8, 4) is 0 Å². The highest BCUT2D eigenvalue weighted by Gasteiger charge is 2.30. The fraction of sp³-hybridized carbons (Fsp3) is 0.943. The molecular formula is C70H136O17P2. The third-order valence-electron chi connectivity index (χ3n) is 16.6. The van der Waals surface area contributed by atoms with Crippen LogP contribution >= 0.6 is 15.6 Å². The number of aliphatic hydroxyl groups excluding tert-OH is 1. The largest absolute Gasteiger partial charge is 0.472 e. The normalized spacial score (nSPS) is 14.4. The molecule has 0 spiro atoms. The maximum absolute atomic E-state index is 13.0. The van der Waals surface area contributed by atoms with Crippen LogP contribution in [0.4, 0.5) is 0 Å². The van der Waals surface area contributed by atoms with Gasteiger partial charge in [-0.25, -0.2) is 9.13 Å². The molecule has 0 rings (SSSR count). The van der Waals surface area contributed by atoms with E-state index in [1.54, 1.807) is 0 Å². The summed E-state index contributed by atoms with van der Waals surface area (Å²) in [5.74, 6) is -0.586. The molecule has 528 valence electrons. The molecule has 0 aromatic heterocycles. The number of aliphatic hydroxyl groups is 1. The maximum Gasteiger partial charge on any atom is 0.472 e. The summed E-state index contributed by atoms with van der Waals surface area (Å²) in [5.41, 5.74) is 0. The van der Waals surface area contributed by atoms with Gasteiger partial charge in [0, 0.05) is 25.7 Å². The summed E-state index contributed by atoms with van der Waals surface area (Å²) in [5, 5.41) is 10.6. The van der Waals surface area contributed by atoms with Crippen molar-refractivity contribution in [2.24, 2.45) is 11.8 Å². The molecule has 0 radical (unpaired) electrons. The van der Waals surface area contributed by atoms with E-state index < -0.39 is 97.5 Å². The second-order valence-electron chi connectivity index (χ2n) is 26.0. The summed E-state index contributed by atoms with van der Waals surface area (Å²) < 4.78 is 68.2. The lowest BCUT2D eigenvalue weighted by Crippen LogP contribution is -2.30. The Balaban J connectivity index is 5.21. The van der Waals surface area contributed by atoms with Gasteiger partial charge in [0.1, 0.15) is 19.3 Å². The molecular weight excluding hydrogens is 1170 g/mol. The molecule has 0 amide bonds. The Kier molecular flexibility index (Phi) is 60.8. The second kappa shape index (κ2) is 62.2. The predicted octanol–water partition coefficient (Wildman–Crippen LogP) is 20.0. The van der Waals surface area contributed by atoms with Crippen LogP contribution in [0.25, 0.3) is 0 Å². The van der Waals surface area contributed by atoms with E-state index in [4.69, 9.17) is 37.0 Å². The van der Waals surface area contributed by atoms with E-state index in [2.05, 4.69) is 41.5 Å². The Morgan fingerprint density at radius 1 is 0.326 bits per heavy atom. The number of carbonyl (C=O) groups is 4. The molecule has 0 fully saturated rings. The second-order valence-corrected chi connectivity index (χ2v) is 28.9. The monoisotopic (exact) mass is 1310 g/mol. The summed E-state index contributed by atoms with van der Waals surface area (Å²) in [6, 6.07) is 0. The van der Waals surface area contributed by atoms with Crippen molar-refractivity contribution in [3.05, 3.63) is 0 Å². The van der Waals surface area contributed by atoms with Crippen molar-refractivity contribution in [2.75, 3.05) is 39.6 Å². The molecule has 3 N–H and O–H groups in total. The average Bonchev–Trinajstić information content (AvgIpc) is 3.56. The van der Waals surface area contributed by atoms with E-state index in [9.17, 15) is 43.2 Å². The minimum atomic E-state index is -4.95. The first-order valence-electron chi connectivity index (χ1n) is 36.5. The van der Waals surface area contributed by atoms with Crippen LogP contribution < -0.4 is 0 Å². The summed E-state index contributed by atoms with van der Waals surface area (Å²) >= 11 is 0. The Hall–Kier alpha value is -1.94. The fourth-order valence-electron chi connectivity index (χ4n) is 10.6. The zero-order valence-electron chi connectivity index (χ0n) is 57.7. The zero-order chi connectivity index (χ0) is 65.7. The molecule has 0 heterocycles. The van der Waals surface area contributed by atoms with Gasteiger partial charge >= 0.3 is 39.5 Å². The Morgan fingerprint density at radius 3 is 0.854 bits per heavy atom. The standard InChI is InChI=1S/C70H136O17P2/c1-7-10-12-14-16-18-19-22-26-29-35-41-47-53-68(73)81-59-65(86-69(74)54-48-42-36-30-27-24-21-20-23-25-28-33-39-45-51-63(6)9-3)60-84-88(76,77)82-56-64(71)57-83-89(78,79)85-61-66(58-80-67(72)52-46-40-34-17-15-13-11-8-2)87-70(75)55-49-43-37-31-32-38-44-50-62(4)5/h62-66,71H,7-61H2,1-6H3,(H,76,77)(H,78,79)/t63?,64-,65-,66-/m1/s1. The number of phosphoric acid groups is 2. The van der Waals surface area contributed by atoms with Gasteiger partial charge in [0.05, 0.1) is 26.4 Å². The van der Waals surface area contributed by atoms with Crippen LogP contribution in [0.15, 0.2) is 0 Å². The van der Waals surface area contributed by atoms with Gasteiger partial charge in [0.15, 0.2) is 12.2 Å². The SMILES string of the molecule is CCCCCCCCCCCCCCCC(=O)OC[C@H](COP(=O)(O)OC[C@@H](O)COP(=O)(O)OC[C@@H](COC(=O)CCCCCCCCCC)OC(=O)CCCCCCCCCC(C)C)OC(=O)CCCCCCCCCCCCCCCCC(C)CC. The summed E-state index contributed by atoms with van der Waals surface area (Å²) in [7, 11) is -9.90. The molecule has 0 aliphatic rings. The minimum Gasteiger partial charge on any atom is -0.462 e. The Morgan fingerprint density at radius 2 is 0.573 bits per heavy atom. The number of hydrogen-bond acceptors (Lipinski definition) is 15. The summed E-state index contributed by atoms with van der Waals surface area (Å²) in [6.45, 7) is 9.51.